The van der Waals surface area contributed by atoms with Crippen LogP contribution in [0, 0.1) is 0 Å². The molecule has 7 heteroatoms. The van der Waals surface area contributed by atoms with Crippen LogP contribution in [0.4, 0.5) is 0 Å². The van der Waals surface area contributed by atoms with Gasteiger partial charge in [-0.1, -0.05) is 0 Å². The lowest BCUT2D eigenvalue weighted by atomic mass is 9.98. The molecule has 132 valence electrons. The summed E-state index contributed by atoms with van der Waals surface area (Å²) in [7, 11) is -3.07. The van der Waals surface area contributed by atoms with Crippen LogP contribution in [-0.2, 0) is 19.5 Å². The zero-order valence-electron chi connectivity index (χ0n) is 13.8. The third-order valence-corrected chi connectivity index (χ3v) is 8.07. The predicted molar refractivity (Wildman–Crippen MR) is 86.8 cm³/mol. The Morgan fingerprint density at radius 1 is 1.17 bits per heavy atom. The minimum absolute atomic E-state index is 0.119. The SMILES string of the molecule is O=S(=O)(C1CC1)N1CC[C@]2(C[C@H](OCCN3CCCC3)CO2)C1. The highest BCUT2D eigenvalue weighted by Gasteiger charge is 2.51. The third kappa shape index (κ3) is 3.44. The molecule has 0 N–H and O–H groups in total. The molecule has 1 aliphatic carbocycles. The molecular weight excluding hydrogens is 316 g/mol. The number of ether oxygens (including phenoxy) is 2. The molecule has 1 spiro atoms. The van der Waals surface area contributed by atoms with Gasteiger partial charge in [0, 0.05) is 26.1 Å². The van der Waals surface area contributed by atoms with Gasteiger partial charge in [-0.05, 0) is 45.2 Å². The lowest BCUT2D eigenvalue weighted by molar-refractivity contribution is 0.00354. The molecule has 0 unspecified atom stereocenters. The van der Waals surface area contributed by atoms with E-state index in [-0.39, 0.29) is 17.0 Å². The van der Waals surface area contributed by atoms with Crippen molar-refractivity contribution in [1.82, 2.24) is 9.21 Å². The van der Waals surface area contributed by atoms with Gasteiger partial charge >= 0.3 is 0 Å². The van der Waals surface area contributed by atoms with E-state index in [4.69, 9.17) is 9.47 Å². The Bertz CT molecular complexity index is 530. The van der Waals surface area contributed by atoms with Gasteiger partial charge in [-0.2, -0.15) is 4.31 Å². The van der Waals surface area contributed by atoms with Gasteiger partial charge in [0.2, 0.25) is 10.0 Å². The molecule has 0 aromatic carbocycles. The summed E-state index contributed by atoms with van der Waals surface area (Å²) in [5.41, 5.74) is -0.291. The third-order valence-electron chi connectivity index (χ3n) is 5.72. The Balaban J connectivity index is 1.25. The van der Waals surface area contributed by atoms with Crippen molar-refractivity contribution in [2.45, 2.75) is 55.5 Å². The van der Waals surface area contributed by atoms with E-state index in [0.717, 1.165) is 38.8 Å². The maximum atomic E-state index is 12.4. The minimum Gasteiger partial charge on any atom is -0.374 e. The summed E-state index contributed by atoms with van der Waals surface area (Å²) in [6, 6.07) is 0. The maximum Gasteiger partial charge on any atom is 0.217 e. The van der Waals surface area contributed by atoms with E-state index in [0.29, 0.717) is 19.7 Å². The largest absolute Gasteiger partial charge is 0.374 e. The predicted octanol–water partition coefficient (Wildman–Crippen LogP) is 0.824. The summed E-state index contributed by atoms with van der Waals surface area (Å²) in [5, 5.41) is -0.119. The molecule has 23 heavy (non-hydrogen) atoms. The highest BCUT2D eigenvalue weighted by atomic mass is 32.2. The van der Waals surface area contributed by atoms with Crippen molar-refractivity contribution in [3.63, 3.8) is 0 Å². The molecule has 4 aliphatic rings. The number of nitrogens with zero attached hydrogens (tertiary/aromatic N) is 2. The molecule has 0 radical (unpaired) electrons. The normalized spacial score (nSPS) is 36.4. The lowest BCUT2D eigenvalue weighted by Crippen LogP contribution is -2.37. The zero-order chi connectivity index (χ0) is 15.9. The molecule has 1 saturated carbocycles. The molecule has 6 nitrogen and oxygen atoms in total. The van der Waals surface area contributed by atoms with Crippen LogP contribution in [0.5, 0.6) is 0 Å². The highest BCUT2D eigenvalue weighted by molar-refractivity contribution is 7.90. The molecule has 0 amide bonds. The van der Waals surface area contributed by atoms with E-state index < -0.39 is 10.0 Å². The van der Waals surface area contributed by atoms with Crippen LogP contribution in [0.2, 0.25) is 0 Å². The summed E-state index contributed by atoms with van der Waals surface area (Å²) < 4.78 is 38.4. The van der Waals surface area contributed by atoms with Crippen LogP contribution < -0.4 is 0 Å². The van der Waals surface area contributed by atoms with E-state index >= 15 is 0 Å². The smallest absolute Gasteiger partial charge is 0.217 e. The molecule has 3 heterocycles. The quantitative estimate of drug-likeness (QED) is 0.714. The molecule has 3 saturated heterocycles. The summed E-state index contributed by atoms with van der Waals surface area (Å²) in [6.07, 6.45) is 6.04. The average molecular weight is 344 g/mol. The Hall–Kier alpha value is -0.210. The van der Waals surface area contributed by atoms with Crippen molar-refractivity contribution in [1.29, 1.82) is 0 Å². The fraction of sp³-hybridized carbons (Fsp3) is 1.00. The zero-order valence-corrected chi connectivity index (χ0v) is 14.6. The first-order valence-electron chi connectivity index (χ1n) is 9.04. The summed E-state index contributed by atoms with van der Waals surface area (Å²) in [6.45, 7) is 5.90. The second kappa shape index (κ2) is 6.26. The van der Waals surface area contributed by atoms with Crippen molar-refractivity contribution in [2.24, 2.45) is 0 Å². The topological polar surface area (TPSA) is 59.1 Å². The van der Waals surface area contributed by atoms with E-state index in [1.54, 1.807) is 4.31 Å². The van der Waals surface area contributed by atoms with Crippen LogP contribution in [0.15, 0.2) is 0 Å². The molecule has 4 rings (SSSR count). The molecule has 3 aliphatic heterocycles. The maximum absolute atomic E-state index is 12.4. The Labute approximate surface area is 139 Å². The van der Waals surface area contributed by atoms with Gasteiger partial charge in [0.25, 0.3) is 0 Å². The van der Waals surface area contributed by atoms with Gasteiger partial charge in [0.1, 0.15) is 0 Å². The molecule has 2 atom stereocenters. The first kappa shape index (κ1) is 16.3. The number of sulfonamides is 1. The fourth-order valence-corrected chi connectivity index (χ4v) is 6.06. The van der Waals surface area contributed by atoms with Crippen molar-refractivity contribution in [2.75, 3.05) is 45.9 Å². The van der Waals surface area contributed by atoms with Crippen molar-refractivity contribution in [3.05, 3.63) is 0 Å². The van der Waals surface area contributed by atoms with Crippen molar-refractivity contribution >= 4 is 10.0 Å². The Morgan fingerprint density at radius 3 is 2.70 bits per heavy atom. The van der Waals surface area contributed by atoms with Crippen LogP contribution in [0.1, 0.15) is 38.5 Å². The van der Waals surface area contributed by atoms with Gasteiger partial charge in [-0.15, -0.1) is 0 Å². The van der Waals surface area contributed by atoms with Crippen LogP contribution in [0.25, 0.3) is 0 Å². The first-order chi connectivity index (χ1) is 11.1. The Kier molecular flexibility index (Phi) is 4.43. The monoisotopic (exact) mass is 344 g/mol. The van der Waals surface area contributed by atoms with Gasteiger partial charge in [0.05, 0.1) is 30.2 Å². The van der Waals surface area contributed by atoms with Gasteiger partial charge in [-0.25, -0.2) is 8.42 Å². The second-order valence-corrected chi connectivity index (χ2v) is 9.78. The molecular formula is C16H28N2O4S. The average Bonchev–Trinajstić information content (AvgIpc) is 2.97. The fourth-order valence-electron chi connectivity index (χ4n) is 4.15. The van der Waals surface area contributed by atoms with Crippen LogP contribution >= 0.6 is 0 Å². The Morgan fingerprint density at radius 2 is 1.96 bits per heavy atom. The van der Waals surface area contributed by atoms with E-state index in [9.17, 15) is 8.42 Å². The van der Waals surface area contributed by atoms with Crippen LogP contribution in [0.3, 0.4) is 0 Å². The summed E-state index contributed by atoms with van der Waals surface area (Å²) in [4.78, 5) is 2.45. The summed E-state index contributed by atoms with van der Waals surface area (Å²) >= 11 is 0. The molecule has 0 aromatic heterocycles. The minimum atomic E-state index is -3.07. The van der Waals surface area contributed by atoms with Gasteiger partial charge < -0.3 is 14.4 Å². The standard InChI is InChI=1S/C16H28N2O4S/c19-23(20,15-3-4-15)18-8-5-16(13-18)11-14(12-22-16)21-10-9-17-6-1-2-7-17/h14-15H,1-13H2/t14-,16-/m0/s1. The number of hydrogen-bond donors (Lipinski definition) is 0. The molecule has 4 fully saturated rings. The molecule has 0 bridgehead atoms. The highest BCUT2D eigenvalue weighted by Crippen LogP contribution is 2.40. The first-order valence-corrected chi connectivity index (χ1v) is 10.5. The van der Waals surface area contributed by atoms with Crippen molar-refractivity contribution < 1.29 is 17.9 Å². The number of rotatable bonds is 6. The lowest BCUT2D eigenvalue weighted by Gasteiger charge is -2.23. The van der Waals surface area contributed by atoms with Gasteiger partial charge in [0.15, 0.2) is 0 Å². The van der Waals surface area contributed by atoms with E-state index in [1.165, 1.54) is 25.9 Å². The summed E-state index contributed by atoms with van der Waals surface area (Å²) in [5.74, 6) is 0. The van der Waals surface area contributed by atoms with Gasteiger partial charge in [-0.3, -0.25) is 0 Å². The number of hydrogen-bond acceptors (Lipinski definition) is 5. The van der Waals surface area contributed by atoms with Crippen molar-refractivity contribution in [3.8, 4) is 0 Å². The second-order valence-electron chi connectivity index (χ2n) is 7.57. The van der Waals surface area contributed by atoms with E-state index in [2.05, 4.69) is 4.90 Å². The number of likely N-dealkylation sites (tertiary alicyclic amines) is 1. The van der Waals surface area contributed by atoms with E-state index in [1.807, 2.05) is 0 Å². The van der Waals surface area contributed by atoms with Crippen LogP contribution in [-0.4, -0.2) is 80.5 Å². The molecule has 0 aromatic rings.